The smallest absolute Gasteiger partial charge is 0.195 e. The molecule has 0 aromatic carbocycles. The molecule has 150 valence electrons. The molecule has 0 saturated carbocycles. The van der Waals surface area contributed by atoms with Gasteiger partial charge in [-0.3, -0.25) is 4.99 Å². The highest BCUT2D eigenvalue weighted by Gasteiger charge is 2.10. The summed E-state index contributed by atoms with van der Waals surface area (Å²) in [7, 11) is 5.83. The first-order valence-corrected chi connectivity index (χ1v) is 14.0. The van der Waals surface area contributed by atoms with Gasteiger partial charge in [0.15, 0.2) is 5.96 Å². The van der Waals surface area contributed by atoms with E-state index in [9.17, 15) is 0 Å². The summed E-state index contributed by atoms with van der Waals surface area (Å²) >= 11 is 0. The molecular formula is C21H47N3Si. The average Bonchev–Trinajstić information content (AvgIpc) is 2.54. The van der Waals surface area contributed by atoms with Crippen LogP contribution in [-0.4, -0.2) is 58.4 Å². The summed E-state index contributed by atoms with van der Waals surface area (Å²) in [5, 5.41) is 0. The summed E-state index contributed by atoms with van der Waals surface area (Å²) in [5.41, 5.74) is 0. The number of hydrogen-bond donors (Lipinski definition) is 0. The minimum atomic E-state index is -0.583. The van der Waals surface area contributed by atoms with Crippen molar-refractivity contribution in [3.8, 4) is 0 Å². The summed E-state index contributed by atoms with van der Waals surface area (Å²) in [4.78, 5) is 9.36. The molecule has 0 saturated heterocycles. The Morgan fingerprint density at radius 3 is 1.56 bits per heavy atom. The monoisotopic (exact) mass is 369 g/mol. The van der Waals surface area contributed by atoms with Gasteiger partial charge in [0.1, 0.15) is 0 Å². The minimum absolute atomic E-state index is 0.583. The molecule has 0 bridgehead atoms. The maximum absolute atomic E-state index is 4.85. The molecule has 0 unspecified atom stereocenters. The van der Waals surface area contributed by atoms with Crippen LogP contribution in [-0.2, 0) is 0 Å². The SMILES string of the molecule is CCCCCCCCCCCCCCN=C(N(C)C)N(C)C[SiH](C)C. The van der Waals surface area contributed by atoms with E-state index in [1.807, 2.05) is 0 Å². The van der Waals surface area contributed by atoms with Crippen molar-refractivity contribution in [1.82, 2.24) is 9.80 Å². The van der Waals surface area contributed by atoms with Crippen molar-refractivity contribution in [2.45, 2.75) is 97.1 Å². The number of guanidine groups is 1. The minimum Gasteiger partial charge on any atom is -0.349 e. The molecule has 0 atom stereocenters. The highest BCUT2D eigenvalue weighted by molar-refractivity contribution is 6.56. The Hall–Kier alpha value is -0.513. The van der Waals surface area contributed by atoms with Crippen LogP contribution in [0, 0.1) is 0 Å². The summed E-state index contributed by atoms with van der Waals surface area (Å²) < 4.78 is 0. The van der Waals surface area contributed by atoms with Gasteiger partial charge in [0.2, 0.25) is 0 Å². The Balaban J connectivity index is 3.62. The van der Waals surface area contributed by atoms with Gasteiger partial charge in [0.25, 0.3) is 0 Å². The zero-order chi connectivity index (χ0) is 18.9. The number of unbranched alkanes of at least 4 members (excludes halogenated alkanes) is 11. The second-order valence-corrected chi connectivity index (χ2v) is 11.4. The van der Waals surface area contributed by atoms with Crippen LogP contribution >= 0.6 is 0 Å². The van der Waals surface area contributed by atoms with E-state index in [1.54, 1.807) is 0 Å². The molecule has 0 spiro atoms. The first-order valence-electron chi connectivity index (χ1n) is 10.9. The number of hydrogen-bond acceptors (Lipinski definition) is 1. The molecule has 4 heteroatoms. The second-order valence-electron chi connectivity index (χ2n) is 8.24. The predicted molar refractivity (Wildman–Crippen MR) is 119 cm³/mol. The van der Waals surface area contributed by atoms with E-state index < -0.39 is 8.80 Å². The van der Waals surface area contributed by atoms with Gasteiger partial charge in [-0.25, -0.2) is 0 Å². The van der Waals surface area contributed by atoms with Crippen molar-refractivity contribution in [1.29, 1.82) is 0 Å². The van der Waals surface area contributed by atoms with E-state index in [-0.39, 0.29) is 0 Å². The second kappa shape index (κ2) is 16.9. The summed E-state index contributed by atoms with van der Waals surface area (Å²) in [5.74, 6) is 1.16. The molecule has 0 aliphatic rings. The van der Waals surface area contributed by atoms with Crippen LogP contribution in [0.4, 0.5) is 0 Å². The molecule has 0 fully saturated rings. The first-order chi connectivity index (χ1) is 12.0. The fourth-order valence-corrected chi connectivity index (χ4v) is 4.62. The molecule has 0 N–H and O–H groups in total. The average molecular weight is 370 g/mol. The Bertz CT molecular complexity index is 316. The van der Waals surface area contributed by atoms with Gasteiger partial charge in [-0.05, 0) is 6.42 Å². The van der Waals surface area contributed by atoms with Crippen LogP contribution < -0.4 is 0 Å². The standard InChI is InChI=1S/C21H47N3Si/c1-7-8-9-10-11-12-13-14-15-16-17-18-19-22-21(23(2)3)24(4)20-25(5)6/h25H,7-20H2,1-6H3. The lowest BCUT2D eigenvalue weighted by Gasteiger charge is -2.27. The fourth-order valence-electron chi connectivity index (χ4n) is 3.36. The van der Waals surface area contributed by atoms with E-state index in [4.69, 9.17) is 4.99 Å². The van der Waals surface area contributed by atoms with Crippen LogP contribution in [0.2, 0.25) is 13.1 Å². The van der Waals surface area contributed by atoms with Gasteiger partial charge >= 0.3 is 0 Å². The lowest BCUT2D eigenvalue weighted by atomic mass is 10.1. The lowest BCUT2D eigenvalue weighted by Crippen LogP contribution is -2.42. The van der Waals surface area contributed by atoms with Crippen LogP contribution in [0.5, 0.6) is 0 Å². The van der Waals surface area contributed by atoms with E-state index in [1.165, 1.54) is 83.2 Å². The molecule has 0 aliphatic carbocycles. The quantitative estimate of drug-likeness (QED) is 0.163. The van der Waals surface area contributed by atoms with Crippen molar-refractivity contribution in [2.75, 3.05) is 33.9 Å². The summed E-state index contributed by atoms with van der Waals surface area (Å²) in [6.07, 6.45) is 18.0. The van der Waals surface area contributed by atoms with E-state index in [0.717, 1.165) is 12.5 Å². The van der Waals surface area contributed by atoms with E-state index in [0.29, 0.717) is 0 Å². The lowest BCUT2D eigenvalue weighted by molar-refractivity contribution is 0.461. The van der Waals surface area contributed by atoms with Gasteiger partial charge in [0.05, 0.1) is 8.80 Å². The highest BCUT2D eigenvalue weighted by Crippen LogP contribution is 2.12. The summed E-state index contributed by atoms with van der Waals surface area (Å²) in [6, 6.07) is 0. The Labute approximate surface area is 160 Å². The topological polar surface area (TPSA) is 18.8 Å². The molecule has 0 aliphatic heterocycles. The number of rotatable bonds is 15. The van der Waals surface area contributed by atoms with Crippen molar-refractivity contribution in [3.63, 3.8) is 0 Å². The molecule has 0 heterocycles. The van der Waals surface area contributed by atoms with E-state index in [2.05, 4.69) is 51.0 Å². The third-order valence-corrected chi connectivity index (χ3v) is 5.92. The molecule has 0 aromatic heterocycles. The van der Waals surface area contributed by atoms with Gasteiger partial charge in [-0.15, -0.1) is 0 Å². The van der Waals surface area contributed by atoms with Gasteiger partial charge in [-0.1, -0.05) is 90.6 Å². The van der Waals surface area contributed by atoms with Gasteiger partial charge < -0.3 is 9.80 Å². The van der Waals surface area contributed by atoms with Crippen LogP contribution in [0.1, 0.15) is 84.0 Å². The molecule has 0 rings (SSSR count). The van der Waals surface area contributed by atoms with Gasteiger partial charge in [-0.2, -0.15) is 0 Å². The zero-order valence-electron chi connectivity index (χ0n) is 18.3. The summed E-state index contributed by atoms with van der Waals surface area (Å²) in [6.45, 7) is 8.07. The van der Waals surface area contributed by atoms with E-state index >= 15 is 0 Å². The Kier molecular flexibility index (Phi) is 16.6. The largest absolute Gasteiger partial charge is 0.349 e. The maximum Gasteiger partial charge on any atom is 0.195 e. The number of nitrogens with zero attached hydrogens (tertiary/aromatic N) is 3. The van der Waals surface area contributed by atoms with Crippen molar-refractivity contribution >= 4 is 14.8 Å². The predicted octanol–water partition coefficient (Wildman–Crippen LogP) is 5.56. The highest BCUT2D eigenvalue weighted by atomic mass is 28.3. The third kappa shape index (κ3) is 15.5. The molecule has 0 radical (unpaired) electrons. The fraction of sp³-hybridized carbons (Fsp3) is 0.952. The van der Waals surface area contributed by atoms with Crippen molar-refractivity contribution in [3.05, 3.63) is 0 Å². The van der Waals surface area contributed by atoms with Crippen LogP contribution in [0.25, 0.3) is 0 Å². The van der Waals surface area contributed by atoms with Gasteiger partial charge in [0, 0.05) is 33.9 Å². The number of aliphatic imine (C=N–C) groups is 1. The normalized spacial score (nSPS) is 12.0. The Morgan fingerprint density at radius 2 is 1.16 bits per heavy atom. The molecule has 3 nitrogen and oxygen atoms in total. The Morgan fingerprint density at radius 1 is 0.720 bits per heavy atom. The van der Waals surface area contributed by atoms with Crippen molar-refractivity contribution < 1.29 is 0 Å². The zero-order valence-corrected chi connectivity index (χ0v) is 19.5. The maximum atomic E-state index is 4.85. The van der Waals surface area contributed by atoms with Crippen LogP contribution in [0.15, 0.2) is 4.99 Å². The molecule has 0 amide bonds. The first kappa shape index (κ1) is 24.5. The molecular weight excluding hydrogens is 322 g/mol. The van der Waals surface area contributed by atoms with Crippen molar-refractivity contribution in [2.24, 2.45) is 4.99 Å². The molecule has 0 aromatic rings. The van der Waals surface area contributed by atoms with Crippen LogP contribution in [0.3, 0.4) is 0 Å². The third-order valence-electron chi connectivity index (χ3n) is 4.65. The molecule has 25 heavy (non-hydrogen) atoms.